The van der Waals surface area contributed by atoms with Crippen molar-refractivity contribution in [3.05, 3.63) is 59.9 Å². The first-order valence-corrected chi connectivity index (χ1v) is 11.2. The van der Waals surface area contributed by atoms with E-state index in [1.54, 1.807) is 48.2 Å². The molecule has 2 aromatic heterocycles. The molecule has 2 heterocycles. The van der Waals surface area contributed by atoms with Crippen LogP contribution in [0.1, 0.15) is 42.6 Å². The Labute approximate surface area is 200 Å². The van der Waals surface area contributed by atoms with Crippen LogP contribution in [-0.4, -0.2) is 49.5 Å². The standard InChI is InChI=1S/C24H27F3N6O2/c1-15-10-17(30-22-28-9-6-19(31-22)24(25,26)27)12-18(11-15)33-13-20(29-14-33)23(35)7-4-16(5-8-23)21(34)32(2)3/h6,9-14,16,35H,4-5,7-8H2,1-3H3,(H,28,30,31)/t16-,23-. The Kier molecular flexibility index (Phi) is 6.54. The van der Waals surface area contributed by atoms with Gasteiger partial charge in [-0.15, -0.1) is 0 Å². The highest BCUT2D eigenvalue weighted by molar-refractivity contribution is 5.78. The lowest BCUT2D eigenvalue weighted by molar-refractivity contribution is -0.141. The molecule has 1 aliphatic carbocycles. The van der Waals surface area contributed by atoms with Gasteiger partial charge in [0.15, 0.2) is 0 Å². The molecule has 35 heavy (non-hydrogen) atoms. The molecule has 0 unspecified atom stereocenters. The molecule has 3 aromatic rings. The summed E-state index contributed by atoms with van der Waals surface area (Å²) in [5.74, 6) is -0.195. The molecule has 186 valence electrons. The number of nitrogens with zero attached hydrogens (tertiary/aromatic N) is 5. The van der Waals surface area contributed by atoms with Gasteiger partial charge in [0.05, 0.1) is 12.0 Å². The summed E-state index contributed by atoms with van der Waals surface area (Å²) in [7, 11) is 3.46. The number of aliphatic hydroxyl groups is 1. The Hall–Kier alpha value is -3.47. The minimum Gasteiger partial charge on any atom is -0.383 e. The third-order valence-corrected chi connectivity index (χ3v) is 6.22. The number of aromatic nitrogens is 4. The molecule has 2 N–H and O–H groups in total. The number of anilines is 2. The third-order valence-electron chi connectivity index (χ3n) is 6.22. The van der Waals surface area contributed by atoms with Crippen LogP contribution in [0.3, 0.4) is 0 Å². The largest absolute Gasteiger partial charge is 0.433 e. The fourth-order valence-electron chi connectivity index (χ4n) is 4.36. The number of hydrogen-bond donors (Lipinski definition) is 2. The fraction of sp³-hybridized carbons (Fsp3) is 0.417. The average Bonchev–Trinajstić information content (AvgIpc) is 3.30. The van der Waals surface area contributed by atoms with Gasteiger partial charge in [0.1, 0.15) is 11.3 Å². The highest BCUT2D eigenvalue weighted by atomic mass is 19.4. The highest BCUT2D eigenvalue weighted by Gasteiger charge is 2.39. The van der Waals surface area contributed by atoms with Crippen molar-refractivity contribution in [1.82, 2.24) is 24.4 Å². The second-order valence-electron chi connectivity index (χ2n) is 9.15. The van der Waals surface area contributed by atoms with Gasteiger partial charge in [-0.05, 0) is 62.4 Å². The van der Waals surface area contributed by atoms with Crippen molar-refractivity contribution in [2.45, 2.75) is 44.4 Å². The number of amides is 1. The molecule has 0 aliphatic heterocycles. The van der Waals surface area contributed by atoms with Gasteiger partial charge in [-0.2, -0.15) is 13.2 Å². The van der Waals surface area contributed by atoms with Crippen LogP contribution in [0.4, 0.5) is 24.8 Å². The Morgan fingerprint density at radius 3 is 2.57 bits per heavy atom. The van der Waals surface area contributed by atoms with Gasteiger partial charge < -0.3 is 19.9 Å². The van der Waals surface area contributed by atoms with Crippen molar-refractivity contribution >= 4 is 17.5 Å². The van der Waals surface area contributed by atoms with E-state index in [2.05, 4.69) is 20.3 Å². The number of carbonyl (C=O) groups is 1. The van der Waals surface area contributed by atoms with Gasteiger partial charge in [0.25, 0.3) is 0 Å². The van der Waals surface area contributed by atoms with Crippen molar-refractivity contribution < 1.29 is 23.1 Å². The van der Waals surface area contributed by atoms with Crippen LogP contribution < -0.4 is 5.32 Å². The number of carbonyl (C=O) groups excluding carboxylic acids is 1. The summed E-state index contributed by atoms with van der Waals surface area (Å²) in [6.45, 7) is 1.86. The summed E-state index contributed by atoms with van der Waals surface area (Å²) in [5, 5.41) is 14.0. The Bertz CT molecular complexity index is 1220. The molecule has 0 radical (unpaired) electrons. The zero-order valence-electron chi connectivity index (χ0n) is 19.7. The zero-order valence-corrected chi connectivity index (χ0v) is 19.7. The summed E-state index contributed by atoms with van der Waals surface area (Å²) in [6, 6.07) is 6.20. The SMILES string of the molecule is Cc1cc(Nc2nccc(C(F)(F)F)n2)cc(-n2cnc([C@]3(O)CC[C@H](C(=O)N(C)C)CC3)c2)c1. The summed E-state index contributed by atoms with van der Waals surface area (Å²) >= 11 is 0. The van der Waals surface area contributed by atoms with Crippen LogP contribution in [0.25, 0.3) is 5.69 Å². The maximum Gasteiger partial charge on any atom is 0.433 e. The Balaban J connectivity index is 1.53. The molecule has 1 aliphatic rings. The number of benzene rings is 1. The Morgan fingerprint density at radius 2 is 1.91 bits per heavy atom. The van der Waals surface area contributed by atoms with Gasteiger partial charge >= 0.3 is 6.18 Å². The molecule has 0 saturated heterocycles. The molecule has 4 rings (SSSR count). The molecular formula is C24H27F3N6O2. The van der Waals surface area contributed by atoms with E-state index in [1.807, 2.05) is 13.0 Å². The number of rotatable bonds is 5. The minimum atomic E-state index is -4.57. The topological polar surface area (TPSA) is 96.2 Å². The van der Waals surface area contributed by atoms with E-state index < -0.39 is 17.5 Å². The molecule has 1 aromatic carbocycles. The zero-order chi connectivity index (χ0) is 25.4. The minimum absolute atomic E-state index is 0.0714. The molecule has 11 heteroatoms. The van der Waals surface area contributed by atoms with Gasteiger partial charge in [-0.25, -0.2) is 15.0 Å². The van der Waals surface area contributed by atoms with Crippen molar-refractivity contribution in [3.8, 4) is 5.69 Å². The van der Waals surface area contributed by atoms with Crippen LogP contribution in [0.5, 0.6) is 0 Å². The molecule has 1 amide bonds. The van der Waals surface area contributed by atoms with E-state index in [0.717, 1.165) is 17.8 Å². The number of hydrogen-bond acceptors (Lipinski definition) is 6. The maximum absolute atomic E-state index is 13.0. The molecule has 0 atom stereocenters. The molecule has 1 saturated carbocycles. The van der Waals surface area contributed by atoms with Gasteiger partial charge in [-0.3, -0.25) is 4.79 Å². The quantitative estimate of drug-likeness (QED) is 0.559. The first-order chi connectivity index (χ1) is 16.4. The van der Waals surface area contributed by atoms with Crippen LogP contribution in [-0.2, 0) is 16.6 Å². The second-order valence-corrected chi connectivity index (χ2v) is 9.15. The number of alkyl halides is 3. The van der Waals surface area contributed by atoms with E-state index in [-0.39, 0.29) is 17.8 Å². The normalized spacial score (nSPS) is 20.5. The van der Waals surface area contributed by atoms with E-state index in [0.29, 0.717) is 42.8 Å². The molecule has 1 fully saturated rings. The number of halogens is 3. The maximum atomic E-state index is 13.0. The van der Waals surface area contributed by atoms with Crippen molar-refractivity contribution in [3.63, 3.8) is 0 Å². The second kappa shape index (κ2) is 9.29. The predicted molar refractivity (Wildman–Crippen MR) is 123 cm³/mol. The number of nitrogens with one attached hydrogen (secondary N) is 1. The highest BCUT2D eigenvalue weighted by Crippen LogP contribution is 2.39. The fourth-order valence-corrected chi connectivity index (χ4v) is 4.36. The van der Waals surface area contributed by atoms with Crippen molar-refractivity contribution in [1.29, 1.82) is 0 Å². The Morgan fingerprint density at radius 1 is 1.20 bits per heavy atom. The average molecular weight is 489 g/mol. The van der Waals surface area contributed by atoms with E-state index in [1.165, 1.54) is 0 Å². The lowest BCUT2D eigenvalue weighted by atomic mass is 9.77. The number of aryl methyl sites for hydroxylation is 1. The molecular weight excluding hydrogens is 461 g/mol. The van der Waals surface area contributed by atoms with Crippen LogP contribution in [0.15, 0.2) is 43.0 Å². The van der Waals surface area contributed by atoms with Gasteiger partial charge in [0, 0.05) is 43.8 Å². The lowest BCUT2D eigenvalue weighted by Crippen LogP contribution is -2.38. The van der Waals surface area contributed by atoms with Gasteiger partial charge in [-0.1, -0.05) is 0 Å². The molecule has 0 spiro atoms. The number of imidazole rings is 1. The molecule has 8 nitrogen and oxygen atoms in total. The monoisotopic (exact) mass is 488 g/mol. The van der Waals surface area contributed by atoms with Crippen LogP contribution >= 0.6 is 0 Å². The molecule has 0 bridgehead atoms. The summed E-state index contributed by atoms with van der Waals surface area (Å²) in [5.41, 5.74) is 0.441. The summed E-state index contributed by atoms with van der Waals surface area (Å²) < 4.78 is 40.7. The first-order valence-electron chi connectivity index (χ1n) is 11.2. The summed E-state index contributed by atoms with van der Waals surface area (Å²) in [4.78, 5) is 25.7. The van der Waals surface area contributed by atoms with Crippen LogP contribution in [0.2, 0.25) is 0 Å². The summed E-state index contributed by atoms with van der Waals surface area (Å²) in [6.07, 6.45) is 1.84. The van der Waals surface area contributed by atoms with E-state index in [4.69, 9.17) is 0 Å². The van der Waals surface area contributed by atoms with Crippen LogP contribution in [0, 0.1) is 12.8 Å². The third kappa shape index (κ3) is 5.45. The van der Waals surface area contributed by atoms with Gasteiger partial charge in [0.2, 0.25) is 11.9 Å². The predicted octanol–water partition coefficient (Wildman–Crippen LogP) is 4.20. The van der Waals surface area contributed by atoms with E-state index >= 15 is 0 Å². The van der Waals surface area contributed by atoms with Crippen molar-refractivity contribution in [2.24, 2.45) is 5.92 Å². The first kappa shape index (κ1) is 24.6. The van der Waals surface area contributed by atoms with Crippen molar-refractivity contribution in [2.75, 3.05) is 19.4 Å². The van der Waals surface area contributed by atoms with E-state index in [9.17, 15) is 23.1 Å². The smallest absolute Gasteiger partial charge is 0.383 e. The lowest BCUT2D eigenvalue weighted by Gasteiger charge is -2.35.